The number of hydrogen-bond acceptors (Lipinski definition) is 3. The molecule has 0 fully saturated rings. The summed E-state index contributed by atoms with van der Waals surface area (Å²) in [6, 6.07) is 6.64. The van der Waals surface area contributed by atoms with Crippen molar-refractivity contribution in [1.29, 1.82) is 0 Å². The zero-order valence-electron chi connectivity index (χ0n) is 6.98. The Morgan fingerprint density at radius 3 is 2.86 bits per heavy atom. The maximum Gasteiger partial charge on any atom is 0.280 e. The van der Waals surface area contributed by atoms with E-state index in [-0.39, 0.29) is 5.69 Å². The normalized spacial score (nSPS) is 10.4. The second-order valence-electron chi connectivity index (χ2n) is 2.75. The lowest BCUT2D eigenvalue weighted by Crippen LogP contribution is -1.90. The van der Waals surface area contributed by atoms with Crippen molar-refractivity contribution in [3.8, 4) is 0 Å². The highest BCUT2D eigenvalue weighted by Crippen LogP contribution is 2.26. The Balaban J connectivity index is 2.84. The summed E-state index contributed by atoms with van der Waals surface area (Å²) in [7, 11) is 0. The third kappa shape index (κ3) is 1.46. The van der Waals surface area contributed by atoms with Gasteiger partial charge in [0.15, 0.2) is 0 Å². The number of nitro groups is 1. The van der Waals surface area contributed by atoms with Gasteiger partial charge in [-0.3, -0.25) is 15.1 Å². The van der Waals surface area contributed by atoms with Gasteiger partial charge in [0.1, 0.15) is 0 Å². The molecule has 0 aliphatic carbocycles. The molecule has 0 unspecified atom stereocenters. The molecule has 0 aliphatic rings. The maximum atomic E-state index is 10.7. The Hall–Kier alpha value is -1.49. The van der Waals surface area contributed by atoms with Crippen molar-refractivity contribution >= 4 is 32.5 Å². The summed E-state index contributed by atoms with van der Waals surface area (Å²) in [5.74, 6) is 0. The highest BCUT2D eigenvalue weighted by Gasteiger charge is 2.11. The fraction of sp³-hybridized carbons (Fsp3) is 0. The van der Waals surface area contributed by atoms with Gasteiger partial charge < -0.3 is 0 Å². The van der Waals surface area contributed by atoms with Crippen molar-refractivity contribution in [2.45, 2.75) is 0 Å². The molecule has 1 aromatic carbocycles. The molecule has 0 spiro atoms. The van der Waals surface area contributed by atoms with Crippen molar-refractivity contribution < 1.29 is 4.92 Å². The van der Waals surface area contributed by atoms with Crippen LogP contribution in [0.25, 0.3) is 10.9 Å². The second-order valence-corrected chi connectivity index (χ2v) is 3.66. The van der Waals surface area contributed by atoms with Gasteiger partial charge in [0.2, 0.25) is 0 Å². The molecule has 0 aliphatic heterocycles. The molecule has 4 nitrogen and oxygen atoms in total. The average molecular weight is 253 g/mol. The zero-order valence-corrected chi connectivity index (χ0v) is 8.56. The Kier molecular flexibility index (Phi) is 2.17. The minimum atomic E-state index is -0.406. The van der Waals surface area contributed by atoms with Crippen molar-refractivity contribution in [3.05, 3.63) is 45.0 Å². The molecular weight excluding hydrogens is 248 g/mol. The predicted molar refractivity (Wildman–Crippen MR) is 56.1 cm³/mol. The topological polar surface area (TPSA) is 56.0 Å². The van der Waals surface area contributed by atoms with Crippen LogP contribution < -0.4 is 0 Å². The van der Waals surface area contributed by atoms with Crippen molar-refractivity contribution in [3.63, 3.8) is 0 Å². The first-order valence-corrected chi connectivity index (χ1v) is 4.66. The molecule has 1 heterocycles. The van der Waals surface area contributed by atoms with E-state index in [1.807, 2.05) is 0 Å². The van der Waals surface area contributed by atoms with Crippen LogP contribution in [0.4, 0.5) is 5.69 Å². The zero-order chi connectivity index (χ0) is 10.1. The lowest BCUT2D eigenvalue weighted by Gasteiger charge is -1.98. The number of benzene rings is 1. The van der Waals surface area contributed by atoms with Crippen LogP contribution in [0.2, 0.25) is 0 Å². The van der Waals surface area contributed by atoms with Crippen molar-refractivity contribution in [1.82, 2.24) is 4.98 Å². The Labute approximate surface area is 87.9 Å². The molecule has 14 heavy (non-hydrogen) atoms. The smallest absolute Gasteiger partial charge is 0.258 e. The van der Waals surface area contributed by atoms with Crippen molar-refractivity contribution in [2.75, 3.05) is 0 Å². The summed E-state index contributed by atoms with van der Waals surface area (Å²) in [6.07, 6.45) is 1.44. The first-order valence-electron chi connectivity index (χ1n) is 3.87. The van der Waals surface area contributed by atoms with E-state index in [1.54, 1.807) is 18.2 Å². The summed E-state index contributed by atoms with van der Waals surface area (Å²) in [5, 5.41) is 11.2. The second kappa shape index (κ2) is 3.34. The summed E-state index contributed by atoms with van der Waals surface area (Å²) in [4.78, 5) is 14.3. The molecule has 0 atom stereocenters. The standard InChI is InChI=1S/C9H5BrN2O2/c10-6-1-2-8-7(5-6)9(12(13)14)3-4-11-8/h1-5H. The quantitative estimate of drug-likeness (QED) is 0.579. The third-order valence-electron chi connectivity index (χ3n) is 1.88. The van der Waals surface area contributed by atoms with Crippen LogP contribution in [-0.4, -0.2) is 9.91 Å². The van der Waals surface area contributed by atoms with E-state index < -0.39 is 4.92 Å². The Bertz CT molecular complexity index is 513. The molecule has 2 aromatic rings. The molecule has 0 saturated heterocycles. The lowest BCUT2D eigenvalue weighted by atomic mass is 10.2. The molecule has 0 radical (unpaired) electrons. The number of aromatic nitrogens is 1. The molecule has 0 saturated carbocycles. The predicted octanol–water partition coefficient (Wildman–Crippen LogP) is 2.91. The van der Waals surface area contributed by atoms with Crippen molar-refractivity contribution in [2.24, 2.45) is 0 Å². The van der Waals surface area contributed by atoms with Gasteiger partial charge in [0.05, 0.1) is 15.8 Å². The molecule has 0 amide bonds. The fourth-order valence-corrected chi connectivity index (χ4v) is 1.62. The summed E-state index contributed by atoms with van der Waals surface area (Å²) < 4.78 is 0.807. The van der Waals surface area contributed by atoms with Gasteiger partial charge in [-0.2, -0.15) is 0 Å². The van der Waals surface area contributed by atoms with Crippen LogP contribution in [0, 0.1) is 10.1 Å². The van der Waals surface area contributed by atoms with Crippen LogP contribution in [0.3, 0.4) is 0 Å². The number of rotatable bonds is 1. The SMILES string of the molecule is O=[N+]([O-])c1ccnc2ccc(Br)cc12. The van der Waals surface area contributed by atoms with Gasteiger partial charge in [-0.15, -0.1) is 0 Å². The van der Waals surface area contributed by atoms with Gasteiger partial charge in [-0.05, 0) is 18.2 Å². The van der Waals surface area contributed by atoms with Gasteiger partial charge in [-0.1, -0.05) is 15.9 Å². The van der Waals surface area contributed by atoms with Crippen LogP contribution in [0.5, 0.6) is 0 Å². The lowest BCUT2D eigenvalue weighted by molar-refractivity contribution is -0.383. The monoisotopic (exact) mass is 252 g/mol. The first kappa shape index (κ1) is 9.08. The highest BCUT2D eigenvalue weighted by molar-refractivity contribution is 9.10. The number of fused-ring (bicyclic) bond motifs is 1. The van der Waals surface area contributed by atoms with E-state index in [0.29, 0.717) is 10.9 Å². The number of nitrogens with zero attached hydrogens (tertiary/aromatic N) is 2. The largest absolute Gasteiger partial charge is 0.280 e. The number of hydrogen-bond donors (Lipinski definition) is 0. The summed E-state index contributed by atoms with van der Waals surface area (Å²) in [5.41, 5.74) is 0.707. The van der Waals surface area contributed by atoms with Gasteiger partial charge in [0.25, 0.3) is 5.69 Å². The van der Waals surface area contributed by atoms with E-state index in [4.69, 9.17) is 0 Å². The molecule has 0 N–H and O–H groups in total. The molecule has 2 rings (SSSR count). The van der Waals surface area contributed by atoms with Crippen LogP contribution in [0.15, 0.2) is 34.9 Å². The number of halogens is 1. The Morgan fingerprint density at radius 1 is 1.36 bits per heavy atom. The Morgan fingerprint density at radius 2 is 2.14 bits per heavy atom. The first-order chi connectivity index (χ1) is 6.68. The highest BCUT2D eigenvalue weighted by atomic mass is 79.9. The molecule has 5 heteroatoms. The number of pyridine rings is 1. The van der Waals surface area contributed by atoms with E-state index >= 15 is 0 Å². The van der Waals surface area contributed by atoms with E-state index in [0.717, 1.165) is 4.47 Å². The molecular formula is C9H5BrN2O2. The van der Waals surface area contributed by atoms with Gasteiger partial charge >= 0.3 is 0 Å². The molecule has 0 bridgehead atoms. The average Bonchev–Trinajstić information content (AvgIpc) is 2.16. The van der Waals surface area contributed by atoms with E-state index in [1.165, 1.54) is 12.3 Å². The minimum Gasteiger partial charge on any atom is -0.258 e. The molecule has 70 valence electrons. The third-order valence-corrected chi connectivity index (χ3v) is 2.37. The van der Waals surface area contributed by atoms with E-state index in [9.17, 15) is 10.1 Å². The fourth-order valence-electron chi connectivity index (χ4n) is 1.26. The minimum absolute atomic E-state index is 0.0799. The van der Waals surface area contributed by atoms with Gasteiger partial charge in [0, 0.05) is 16.7 Å². The maximum absolute atomic E-state index is 10.7. The van der Waals surface area contributed by atoms with Crippen LogP contribution in [0.1, 0.15) is 0 Å². The van der Waals surface area contributed by atoms with Crippen LogP contribution >= 0.6 is 15.9 Å². The van der Waals surface area contributed by atoms with Gasteiger partial charge in [-0.25, -0.2) is 0 Å². The molecule has 1 aromatic heterocycles. The summed E-state index contributed by atoms with van der Waals surface area (Å²) >= 11 is 3.27. The summed E-state index contributed by atoms with van der Waals surface area (Å²) in [6.45, 7) is 0. The van der Waals surface area contributed by atoms with E-state index in [2.05, 4.69) is 20.9 Å². The van der Waals surface area contributed by atoms with Crippen LogP contribution in [-0.2, 0) is 0 Å².